The molecule has 0 radical (unpaired) electrons. The van der Waals surface area contributed by atoms with Crippen LogP contribution in [0.15, 0.2) is 0 Å². The van der Waals surface area contributed by atoms with Crippen molar-refractivity contribution in [2.45, 2.75) is 32.8 Å². The number of amides is 1. The Morgan fingerprint density at radius 1 is 1.41 bits per heavy atom. The Morgan fingerprint density at radius 3 is 2.59 bits per heavy atom. The quantitative estimate of drug-likeness (QED) is 0.577. The van der Waals surface area contributed by atoms with Crippen LogP contribution in [-0.2, 0) is 9.53 Å². The zero-order valence-electron chi connectivity index (χ0n) is 11.4. The lowest BCUT2D eigenvalue weighted by Crippen LogP contribution is -2.37. The summed E-state index contributed by atoms with van der Waals surface area (Å²) in [4.78, 5) is 13.9. The van der Waals surface area contributed by atoms with E-state index in [2.05, 4.69) is 24.1 Å². The minimum Gasteiger partial charge on any atom is -0.380 e. The van der Waals surface area contributed by atoms with Gasteiger partial charge in [0, 0.05) is 26.7 Å². The van der Waals surface area contributed by atoms with Crippen molar-refractivity contribution in [3.8, 4) is 0 Å². The molecule has 0 spiro atoms. The van der Waals surface area contributed by atoms with Crippen molar-refractivity contribution < 1.29 is 9.53 Å². The van der Waals surface area contributed by atoms with E-state index in [1.807, 2.05) is 0 Å². The van der Waals surface area contributed by atoms with Crippen LogP contribution >= 0.6 is 0 Å². The van der Waals surface area contributed by atoms with Crippen LogP contribution in [0.5, 0.6) is 0 Å². The highest BCUT2D eigenvalue weighted by atomic mass is 16.5. The van der Waals surface area contributed by atoms with E-state index in [1.54, 1.807) is 7.11 Å². The maximum absolute atomic E-state index is 11.5. The van der Waals surface area contributed by atoms with Crippen LogP contribution in [0.25, 0.3) is 0 Å². The standard InChI is InChI=1S/C12H27N3O2/c1-4-7-15(5-2)8-6-14-12(16)9-11(10-13)17-3/h11H,4-10,13H2,1-3H3,(H,14,16). The van der Waals surface area contributed by atoms with E-state index in [-0.39, 0.29) is 12.0 Å². The predicted octanol–water partition coefficient (Wildman–Crippen LogP) is 0.198. The van der Waals surface area contributed by atoms with Gasteiger partial charge in [-0.25, -0.2) is 0 Å². The van der Waals surface area contributed by atoms with Crippen LogP contribution in [0.1, 0.15) is 26.7 Å². The van der Waals surface area contributed by atoms with Crippen LogP contribution in [0.3, 0.4) is 0 Å². The first-order valence-corrected chi connectivity index (χ1v) is 6.39. The largest absolute Gasteiger partial charge is 0.380 e. The molecule has 0 aliphatic carbocycles. The lowest BCUT2D eigenvalue weighted by atomic mass is 10.2. The van der Waals surface area contributed by atoms with Crippen molar-refractivity contribution in [3.63, 3.8) is 0 Å². The van der Waals surface area contributed by atoms with Gasteiger partial charge in [0.15, 0.2) is 0 Å². The summed E-state index contributed by atoms with van der Waals surface area (Å²) in [5.41, 5.74) is 5.46. The highest BCUT2D eigenvalue weighted by molar-refractivity contribution is 5.76. The number of nitrogens with zero attached hydrogens (tertiary/aromatic N) is 1. The first-order valence-electron chi connectivity index (χ1n) is 6.39. The number of carbonyl (C=O) groups is 1. The maximum atomic E-state index is 11.5. The zero-order chi connectivity index (χ0) is 13.1. The smallest absolute Gasteiger partial charge is 0.222 e. The summed E-state index contributed by atoms with van der Waals surface area (Å²) in [7, 11) is 1.57. The number of carbonyl (C=O) groups excluding carboxylic acids is 1. The van der Waals surface area contributed by atoms with E-state index in [0.717, 1.165) is 26.1 Å². The molecular weight excluding hydrogens is 218 g/mol. The molecule has 0 rings (SSSR count). The second-order valence-electron chi connectivity index (χ2n) is 4.08. The van der Waals surface area contributed by atoms with Crippen molar-refractivity contribution in [2.24, 2.45) is 5.73 Å². The summed E-state index contributed by atoms with van der Waals surface area (Å²) in [5.74, 6) is 0.00912. The van der Waals surface area contributed by atoms with E-state index in [9.17, 15) is 4.79 Å². The van der Waals surface area contributed by atoms with Crippen molar-refractivity contribution in [3.05, 3.63) is 0 Å². The SMILES string of the molecule is CCCN(CC)CCNC(=O)CC(CN)OC. The van der Waals surface area contributed by atoms with Crippen LogP contribution in [0.4, 0.5) is 0 Å². The molecule has 0 saturated carbocycles. The Labute approximate surface area is 105 Å². The summed E-state index contributed by atoms with van der Waals surface area (Å²) < 4.78 is 5.06. The molecule has 5 heteroatoms. The van der Waals surface area contributed by atoms with Crippen molar-refractivity contribution >= 4 is 5.91 Å². The van der Waals surface area contributed by atoms with E-state index >= 15 is 0 Å². The van der Waals surface area contributed by atoms with Crippen molar-refractivity contribution in [2.75, 3.05) is 39.8 Å². The van der Waals surface area contributed by atoms with Gasteiger partial charge in [0.05, 0.1) is 12.5 Å². The van der Waals surface area contributed by atoms with Gasteiger partial charge in [0.25, 0.3) is 0 Å². The number of nitrogens with one attached hydrogen (secondary N) is 1. The summed E-state index contributed by atoms with van der Waals surface area (Å²) in [6.45, 7) is 8.35. The molecule has 0 aromatic heterocycles. The van der Waals surface area contributed by atoms with Crippen LogP contribution in [-0.4, -0.2) is 56.7 Å². The molecule has 1 atom stereocenters. The molecule has 5 nitrogen and oxygen atoms in total. The molecule has 0 bridgehead atoms. The van der Waals surface area contributed by atoms with Crippen molar-refractivity contribution in [1.82, 2.24) is 10.2 Å². The fraction of sp³-hybridized carbons (Fsp3) is 0.917. The molecule has 3 N–H and O–H groups in total. The van der Waals surface area contributed by atoms with Crippen LogP contribution in [0, 0.1) is 0 Å². The fourth-order valence-corrected chi connectivity index (χ4v) is 1.64. The number of likely N-dealkylation sites (N-methyl/N-ethyl adjacent to an activating group) is 1. The van der Waals surface area contributed by atoms with Gasteiger partial charge in [-0.1, -0.05) is 13.8 Å². The molecule has 17 heavy (non-hydrogen) atoms. The third-order valence-corrected chi connectivity index (χ3v) is 2.75. The lowest BCUT2D eigenvalue weighted by Gasteiger charge is -2.20. The number of ether oxygens (including phenoxy) is 1. The molecule has 0 aliphatic heterocycles. The Bertz CT molecular complexity index is 196. The topological polar surface area (TPSA) is 67.6 Å². The molecule has 0 saturated heterocycles. The van der Waals surface area contributed by atoms with Gasteiger partial charge >= 0.3 is 0 Å². The fourth-order valence-electron chi connectivity index (χ4n) is 1.64. The third-order valence-electron chi connectivity index (χ3n) is 2.75. The van der Waals surface area contributed by atoms with Crippen LogP contribution in [0.2, 0.25) is 0 Å². The molecule has 0 aromatic carbocycles. The number of hydrogen-bond donors (Lipinski definition) is 2. The molecular formula is C12H27N3O2. The number of rotatable bonds is 10. The Kier molecular flexibility index (Phi) is 10.1. The second-order valence-corrected chi connectivity index (χ2v) is 4.08. The molecule has 0 fully saturated rings. The van der Waals surface area contributed by atoms with E-state index in [0.29, 0.717) is 19.5 Å². The maximum Gasteiger partial charge on any atom is 0.222 e. The predicted molar refractivity (Wildman–Crippen MR) is 69.9 cm³/mol. The normalized spacial score (nSPS) is 12.8. The molecule has 1 amide bonds. The Morgan fingerprint density at radius 2 is 2.12 bits per heavy atom. The minimum atomic E-state index is -0.173. The highest BCUT2D eigenvalue weighted by Gasteiger charge is 2.11. The summed E-state index contributed by atoms with van der Waals surface area (Å²) >= 11 is 0. The summed E-state index contributed by atoms with van der Waals surface area (Å²) in [5, 5.41) is 2.89. The van der Waals surface area contributed by atoms with E-state index in [4.69, 9.17) is 10.5 Å². The highest BCUT2D eigenvalue weighted by Crippen LogP contribution is 1.94. The van der Waals surface area contributed by atoms with Gasteiger partial charge in [-0.3, -0.25) is 4.79 Å². The number of nitrogens with two attached hydrogens (primary N) is 1. The Balaban J connectivity index is 3.69. The molecule has 0 aromatic rings. The zero-order valence-corrected chi connectivity index (χ0v) is 11.4. The van der Waals surface area contributed by atoms with Gasteiger partial charge in [-0.15, -0.1) is 0 Å². The van der Waals surface area contributed by atoms with Gasteiger partial charge in [0.2, 0.25) is 5.91 Å². The van der Waals surface area contributed by atoms with E-state index in [1.165, 1.54) is 0 Å². The summed E-state index contributed by atoms with van der Waals surface area (Å²) in [6, 6.07) is 0. The first kappa shape index (κ1) is 16.4. The molecule has 0 heterocycles. The van der Waals surface area contributed by atoms with Gasteiger partial charge in [0.1, 0.15) is 0 Å². The average molecular weight is 245 g/mol. The minimum absolute atomic E-state index is 0.00912. The lowest BCUT2D eigenvalue weighted by molar-refractivity contribution is -0.123. The molecule has 1 unspecified atom stereocenters. The second kappa shape index (κ2) is 10.5. The molecule has 0 aliphatic rings. The van der Waals surface area contributed by atoms with Gasteiger partial charge < -0.3 is 20.7 Å². The van der Waals surface area contributed by atoms with Gasteiger partial charge in [-0.2, -0.15) is 0 Å². The third kappa shape index (κ3) is 8.12. The van der Waals surface area contributed by atoms with E-state index < -0.39 is 0 Å². The number of methoxy groups -OCH3 is 1. The number of hydrogen-bond acceptors (Lipinski definition) is 4. The molecule has 102 valence electrons. The van der Waals surface area contributed by atoms with Gasteiger partial charge in [-0.05, 0) is 19.5 Å². The first-order chi connectivity index (χ1) is 8.17. The van der Waals surface area contributed by atoms with Crippen molar-refractivity contribution in [1.29, 1.82) is 0 Å². The Hall–Kier alpha value is -0.650. The average Bonchev–Trinajstić information content (AvgIpc) is 2.34. The summed E-state index contributed by atoms with van der Waals surface area (Å²) in [6.07, 6.45) is 1.31. The van der Waals surface area contributed by atoms with Crippen LogP contribution < -0.4 is 11.1 Å². The monoisotopic (exact) mass is 245 g/mol.